The van der Waals surface area contributed by atoms with E-state index in [1.165, 1.54) is 0 Å². The van der Waals surface area contributed by atoms with Gasteiger partial charge in [0.25, 0.3) is 0 Å². The number of hydrogen-bond donors (Lipinski definition) is 0. The topological polar surface area (TPSA) is 45.2 Å². The van der Waals surface area contributed by atoms with E-state index in [9.17, 15) is 4.79 Å². The second kappa shape index (κ2) is 8.68. The first-order valence-corrected chi connectivity index (χ1v) is 7.98. The molecule has 0 radical (unpaired) electrons. The third-order valence-electron chi connectivity index (χ3n) is 4.37. The number of rotatable bonds is 6. The number of hydrogen-bond acceptors (Lipinski definition) is 5. The summed E-state index contributed by atoms with van der Waals surface area (Å²) in [5.74, 6) is 0.264. The lowest BCUT2D eigenvalue weighted by Crippen LogP contribution is -2.48. The monoisotopic (exact) mass is 299 g/mol. The fourth-order valence-electron chi connectivity index (χ4n) is 2.85. The highest BCUT2D eigenvalue weighted by molar-refractivity contribution is 5.76. The summed E-state index contributed by atoms with van der Waals surface area (Å²) in [6.07, 6.45) is 1.62. The molecule has 0 bridgehead atoms. The second-order valence-corrected chi connectivity index (χ2v) is 6.01. The van der Waals surface area contributed by atoms with E-state index in [4.69, 9.17) is 9.47 Å². The second-order valence-electron chi connectivity index (χ2n) is 6.01. The van der Waals surface area contributed by atoms with Crippen LogP contribution in [0.3, 0.4) is 0 Å². The lowest BCUT2D eigenvalue weighted by atomic mass is 10.2. The summed E-state index contributed by atoms with van der Waals surface area (Å²) in [5, 5.41) is 0. The Labute approximate surface area is 128 Å². The molecule has 2 rings (SSSR count). The normalized spacial score (nSPS) is 25.2. The van der Waals surface area contributed by atoms with Gasteiger partial charge in [-0.05, 0) is 13.5 Å². The fraction of sp³-hybridized carbons (Fsp3) is 0.933. The summed E-state index contributed by atoms with van der Waals surface area (Å²) in [5.41, 5.74) is 0. The van der Waals surface area contributed by atoms with Crippen molar-refractivity contribution in [2.75, 3.05) is 73.2 Å². The summed E-state index contributed by atoms with van der Waals surface area (Å²) in [4.78, 5) is 19.0. The zero-order valence-corrected chi connectivity index (χ0v) is 13.4. The third kappa shape index (κ3) is 5.54. The standard InChI is InChI=1S/C15H29N3O3/c1-16-6-8-17(9-7-16)5-3-15(19)18-10-12-21-14(13-18)4-11-20-2/h14H,3-13H2,1-2H3. The van der Waals surface area contributed by atoms with Gasteiger partial charge in [0.15, 0.2) is 0 Å². The minimum absolute atomic E-state index is 0.131. The lowest BCUT2D eigenvalue weighted by molar-refractivity contribution is -0.139. The number of ether oxygens (including phenoxy) is 2. The molecule has 1 atom stereocenters. The van der Waals surface area contributed by atoms with Gasteiger partial charge in [-0.15, -0.1) is 0 Å². The number of likely N-dealkylation sites (N-methyl/N-ethyl adjacent to an activating group) is 1. The van der Waals surface area contributed by atoms with Crippen molar-refractivity contribution in [3.8, 4) is 0 Å². The van der Waals surface area contributed by atoms with Crippen LogP contribution in [0, 0.1) is 0 Å². The van der Waals surface area contributed by atoms with Gasteiger partial charge in [0, 0.05) is 66.0 Å². The summed E-state index contributed by atoms with van der Waals surface area (Å²) in [6, 6.07) is 0. The van der Waals surface area contributed by atoms with Gasteiger partial charge in [0.05, 0.1) is 12.7 Å². The molecule has 122 valence electrons. The molecule has 0 aromatic heterocycles. The molecule has 0 aromatic carbocycles. The van der Waals surface area contributed by atoms with E-state index in [0.29, 0.717) is 26.2 Å². The van der Waals surface area contributed by atoms with E-state index in [1.54, 1.807) is 7.11 Å². The molecule has 0 saturated carbocycles. The minimum Gasteiger partial charge on any atom is -0.385 e. The highest BCUT2D eigenvalue weighted by atomic mass is 16.5. The number of methoxy groups -OCH3 is 1. The summed E-state index contributed by atoms with van der Waals surface area (Å²) < 4.78 is 10.8. The maximum Gasteiger partial charge on any atom is 0.224 e. The van der Waals surface area contributed by atoms with Gasteiger partial charge in [-0.25, -0.2) is 0 Å². The number of carbonyl (C=O) groups excluding carboxylic acids is 1. The van der Waals surface area contributed by atoms with E-state index in [2.05, 4.69) is 16.8 Å². The summed E-state index contributed by atoms with van der Waals surface area (Å²) >= 11 is 0. The van der Waals surface area contributed by atoms with Gasteiger partial charge in [0.1, 0.15) is 0 Å². The van der Waals surface area contributed by atoms with Gasteiger partial charge < -0.3 is 24.2 Å². The van der Waals surface area contributed by atoms with Crippen LogP contribution >= 0.6 is 0 Å². The molecule has 1 amide bonds. The molecule has 6 heteroatoms. The molecule has 0 N–H and O–H groups in total. The van der Waals surface area contributed by atoms with Crippen molar-refractivity contribution in [3.05, 3.63) is 0 Å². The first-order valence-electron chi connectivity index (χ1n) is 7.98. The third-order valence-corrected chi connectivity index (χ3v) is 4.37. The highest BCUT2D eigenvalue weighted by Crippen LogP contribution is 2.11. The molecule has 2 heterocycles. The Morgan fingerprint density at radius 1 is 1.24 bits per heavy atom. The minimum atomic E-state index is 0.131. The number of piperazine rings is 1. The molecule has 6 nitrogen and oxygen atoms in total. The van der Waals surface area contributed by atoms with Crippen LogP contribution in [-0.4, -0.2) is 99.9 Å². The van der Waals surface area contributed by atoms with Gasteiger partial charge in [-0.2, -0.15) is 0 Å². The molecule has 2 aliphatic rings. The predicted molar refractivity (Wildman–Crippen MR) is 81.4 cm³/mol. The van der Waals surface area contributed by atoms with Crippen LogP contribution in [0.2, 0.25) is 0 Å². The van der Waals surface area contributed by atoms with Crippen LogP contribution in [0.4, 0.5) is 0 Å². The Balaban J connectivity index is 1.67. The van der Waals surface area contributed by atoms with E-state index >= 15 is 0 Å². The van der Waals surface area contributed by atoms with Crippen LogP contribution in [0.5, 0.6) is 0 Å². The largest absolute Gasteiger partial charge is 0.385 e. The van der Waals surface area contributed by atoms with Crippen molar-refractivity contribution in [3.63, 3.8) is 0 Å². The predicted octanol–water partition coefficient (Wildman–Crippen LogP) is -0.112. The van der Waals surface area contributed by atoms with Gasteiger partial charge in [0.2, 0.25) is 5.91 Å². The molecular formula is C15H29N3O3. The molecule has 2 aliphatic heterocycles. The first-order chi connectivity index (χ1) is 10.2. The van der Waals surface area contributed by atoms with Crippen molar-refractivity contribution in [2.45, 2.75) is 18.9 Å². The SMILES string of the molecule is COCCC1CN(C(=O)CCN2CCN(C)CC2)CCO1. The van der Waals surface area contributed by atoms with Crippen LogP contribution in [0.1, 0.15) is 12.8 Å². The van der Waals surface area contributed by atoms with Gasteiger partial charge in [-0.3, -0.25) is 4.79 Å². The Morgan fingerprint density at radius 2 is 2.00 bits per heavy atom. The van der Waals surface area contributed by atoms with Crippen molar-refractivity contribution in [1.82, 2.24) is 14.7 Å². The van der Waals surface area contributed by atoms with E-state index in [0.717, 1.165) is 45.7 Å². The molecule has 21 heavy (non-hydrogen) atoms. The summed E-state index contributed by atoms with van der Waals surface area (Å²) in [6.45, 7) is 8.01. The Bertz CT molecular complexity index is 319. The first kappa shape index (κ1) is 16.7. The molecule has 0 aromatic rings. The number of morpholine rings is 1. The van der Waals surface area contributed by atoms with Crippen molar-refractivity contribution >= 4 is 5.91 Å². The zero-order chi connectivity index (χ0) is 15.1. The van der Waals surface area contributed by atoms with E-state index < -0.39 is 0 Å². The molecular weight excluding hydrogens is 270 g/mol. The number of nitrogens with zero attached hydrogens (tertiary/aromatic N) is 3. The Kier molecular flexibility index (Phi) is 6.89. The van der Waals surface area contributed by atoms with Crippen LogP contribution in [0.15, 0.2) is 0 Å². The van der Waals surface area contributed by atoms with Crippen molar-refractivity contribution in [2.24, 2.45) is 0 Å². The maximum atomic E-state index is 12.3. The zero-order valence-electron chi connectivity index (χ0n) is 13.4. The molecule has 0 aliphatic carbocycles. The molecule has 2 fully saturated rings. The van der Waals surface area contributed by atoms with E-state index in [1.807, 2.05) is 4.90 Å². The maximum absolute atomic E-state index is 12.3. The summed E-state index contributed by atoms with van der Waals surface area (Å²) in [7, 11) is 3.85. The highest BCUT2D eigenvalue weighted by Gasteiger charge is 2.24. The number of amides is 1. The average molecular weight is 299 g/mol. The van der Waals surface area contributed by atoms with Gasteiger partial charge >= 0.3 is 0 Å². The molecule has 2 saturated heterocycles. The lowest BCUT2D eigenvalue weighted by Gasteiger charge is -2.35. The van der Waals surface area contributed by atoms with Crippen molar-refractivity contribution < 1.29 is 14.3 Å². The fourth-order valence-corrected chi connectivity index (χ4v) is 2.85. The Morgan fingerprint density at radius 3 is 2.71 bits per heavy atom. The quantitative estimate of drug-likeness (QED) is 0.685. The van der Waals surface area contributed by atoms with Crippen LogP contribution in [0.25, 0.3) is 0 Å². The Hall–Kier alpha value is -0.690. The average Bonchev–Trinajstić information content (AvgIpc) is 2.52. The van der Waals surface area contributed by atoms with Crippen molar-refractivity contribution in [1.29, 1.82) is 0 Å². The van der Waals surface area contributed by atoms with Crippen LogP contribution in [-0.2, 0) is 14.3 Å². The van der Waals surface area contributed by atoms with E-state index in [-0.39, 0.29) is 12.0 Å². The smallest absolute Gasteiger partial charge is 0.224 e. The number of carbonyl (C=O) groups is 1. The molecule has 1 unspecified atom stereocenters. The van der Waals surface area contributed by atoms with Gasteiger partial charge in [-0.1, -0.05) is 0 Å². The molecule has 0 spiro atoms. The van der Waals surface area contributed by atoms with Crippen LogP contribution < -0.4 is 0 Å².